The summed E-state index contributed by atoms with van der Waals surface area (Å²) in [7, 11) is 0.0577. The molecule has 2 heterocycles. The van der Waals surface area contributed by atoms with Crippen LogP contribution in [0.5, 0.6) is 5.75 Å². The predicted octanol–water partition coefficient (Wildman–Crippen LogP) is 2.90. The van der Waals surface area contributed by atoms with Gasteiger partial charge in [-0.25, -0.2) is 13.1 Å². The zero-order chi connectivity index (χ0) is 22.9. The molecule has 0 saturated carbocycles. The molecule has 4 rings (SSSR count). The second-order valence-corrected chi connectivity index (χ2v) is 10.2. The SMILES string of the molecule is COc1ccc(-c2nn(CN3CCN(S(=O)(=O)c4ccc(C)cc4)CC3)c(=S)n2C)cc1. The van der Waals surface area contributed by atoms with Crippen LogP contribution in [0.4, 0.5) is 0 Å². The Morgan fingerprint density at radius 3 is 2.22 bits per heavy atom. The zero-order valence-corrected chi connectivity index (χ0v) is 20.1. The lowest BCUT2D eigenvalue weighted by Gasteiger charge is -2.33. The second-order valence-electron chi connectivity index (χ2n) is 7.87. The van der Waals surface area contributed by atoms with Crippen molar-refractivity contribution in [1.29, 1.82) is 0 Å². The van der Waals surface area contributed by atoms with E-state index < -0.39 is 10.0 Å². The first kappa shape index (κ1) is 22.7. The molecule has 3 aromatic rings. The molecule has 32 heavy (non-hydrogen) atoms. The molecule has 1 aliphatic heterocycles. The molecule has 0 N–H and O–H groups in total. The number of piperazine rings is 1. The number of aromatic nitrogens is 3. The van der Waals surface area contributed by atoms with Crippen molar-refractivity contribution in [1.82, 2.24) is 23.6 Å². The normalized spacial score (nSPS) is 15.7. The van der Waals surface area contributed by atoms with Crippen molar-refractivity contribution in [3.05, 3.63) is 58.9 Å². The number of methoxy groups -OCH3 is 1. The molecular weight excluding hydrogens is 446 g/mol. The highest BCUT2D eigenvalue weighted by Gasteiger charge is 2.28. The summed E-state index contributed by atoms with van der Waals surface area (Å²) in [5.74, 6) is 1.56. The Hall–Kier alpha value is -2.53. The van der Waals surface area contributed by atoms with Gasteiger partial charge in [0.15, 0.2) is 10.6 Å². The van der Waals surface area contributed by atoms with Crippen molar-refractivity contribution < 1.29 is 13.2 Å². The van der Waals surface area contributed by atoms with Crippen molar-refractivity contribution in [2.45, 2.75) is 18.5 Å². The number of sulfonamides is 1. The summed E-state index contributed by atoms with van der Waals surface area (Å²) in [5, 5.41) is 4.71. The van der Waals surface area contributed by atoms with E-state index in [4.69, 9.17) is 22.1 Å². The van der Waals surface area contributed by atoms with Crippen LogP contribution in [0.2, 0.25) is 0 Å². The van der Waals surface area contributed by atoms with Crippen LogP contribution in [0.25, 0.3) is 11.4 Å². The van der Waals surface area contributed by atoms with E-state index in [0.29, 0.717) is 42.5 Å². The quantitative estimate of drug-likeness (QED) is 0.513. The summed E-state index contributed by atoms with van der Waals surface area (Å²) in [6, 6.07) is 14.7. The molecule has 0 amide bonds. The lowest BCUT2D eigenvalue weighted by molar-refractivity contribution is 0.144. The van der Waals surface area contributed by atoms with Crippen molar-refractivity contribution >= 4 is 22.2 Å². The summed E-state index contributed by atoms with van der Waals surface area (Å²) < 4.78 is 36.9. The maximum Gasteiger partial charge on any atom is 0.243 e. The molecule has 8 nitrogen and oxygen atoms in total. The van der Waals surface area contributed by atoms with Crippen molar-refractivity contribution in [2.24, 2.45) is 7.05 Å². The maximum atomic E-state index is 12.9. The van der Waals surface area contributed by atoms with Gasteiger partial charge in [0.05, 0.1) is 18.7 Å². The largest absolute Gasteiger partial charge is 0.497 e. The summed E-state index contributed by atoms with van der Waals surface area (Å²) in [5.41, 5.74) is 1.99. The van der Waals surface area contributed by atoms with Crippen LogP contribution in [-0.4, -0.2) is 65.3 Å². The first-order valence-corrected chi connectivity index (χ1v) is 12.2. The third-order valence-electron chi connectivity index (χ3n) is 5.71. The highest BCUT2D eigenvalue weighted by atomic mass is 32.2. The average molecular weight is 474 g/mol. The monoisotopic (exact) mass is 473 g/mol. The number of hydrogen-bond acceptors (Lipinski definition) is 6. The van der Waals surface area contributed by atoms with Crippen LogP contribution >= 0.6 is 12.2 Å². The Morgan fingerprint density at radius 2 is 1.62 bits per heavy atom. The summed E-state index contributed by atoms with van der Waals surface area (Å²) in [6.45, 7) is 4.55. The Morgan fingerprint density at radius 1 is 1.00 bits per heavy atom. The van der Waals surface area contributed by atoms with E-state index in [2.05, 4.69) is 4.90 Å². The first-order chi connectivity index (χ1) is 15.3. The Bertz CT molecular complexity index is 1240. The Labute approximate surface area is 193 Å². The minimum atomic E-state index is -3.48. The van der Waals surface area contributed by atoms with E-state index in [0.717, 1.165) is 22.7 Å². The number of rotatable bonds is 6. The number of aryl methyl sites for hydroxylation is 1. The first-order valence-electron chi connectivity index (χ1n) is 10.4. The summed E-state index contributed by atoms with van der Waals surface area (Å²) in [4.78, 5) is 2.51. The van der Waals surface area contributed by atoms with E-state index in [9.17, 15) is 8.42 Å². The lowest BCUT2D eigenvalue weighted by atomic mass is 10.2. The van der Waals surface area contributed by atoms with Gasteiger partial charge in [-0.2, -0.15) is 9.40 Å². The predicted molar refractivity (Wildman–Crippen MR) is 126 cm³/mol. The molecule has 10 heteroatoms. The minimum absolute atomic E-state index is 0.340. The van der Waals surface area contributed by atoms with Gasteiger partial charge in [0.2, 0.25) is 10.0 Å². The molecule has 0 spiro atoms. The van der Waals surface area contributed by atoms with E-state index in [-0.39, 0.29) is 0 Å². The van der Waals surface area contributed by atoms with Crippen LogP contribution in [0.3, 0.4) is 0 Å². The molecule has 0 unspecified atom stereocenters. The molecule has 0 atom stereocenters. The van der Waals surface area contributed by atoms with Gasteiger partial charge in [0, 0.05) is 38.8 Å². The molecule has 0 aliphatic carbocycles. The number of hydrogen-bond donors (Lipinski definition) is 0. The van der Waals surface area contributed by atoms with Crippen LogP contribution in [-0.2, 0) is 23.7 Å². The van der Waals surface area contributed by atoms with Gasteiger partial charge in [0.1, 0.15) is 5.75 Å². The highest BCUT2D eigenvalue weighted by molar-refractivity contribution is 7.89. The van der Waals surface area contributed by atoms with Crippen molar-refractivity contribution in [2.75, 3.05) is 33.3 Å². The van der Waals surface area contributed by atoms with Crippen LogP contribution in [0, 0.1) is 11.7 Å². The van der Waals surface area contributed by atoms with E-state index in [1.807, 2.05) is 54.9 Å². The number of nitrogens with zero attached hydrogens (tertiary/aromatic N) is 5. The number of benzene rings is 2. The molecular formula is C22H27N5O3S2. The third kappa shape index (κ3) is 4.49. The van der Waals surface area contributed by atoms with Gasteiger partial charge in [-0.3, -0.25) is 4.90 Å². The molecule has 0 bridgehead atoms. The molecule has 1 aliphatic rings. The molecule has 1 saturated heterocycles. The molecule has 170 valence electrons. The van der Waals surface area contributed by atoms with Gasteiger partial charge < -0.3 is 9.30 Å². The third-order valence-corrected chi connectivity index (χ3v) is 8.11. The summed E-state index contributed by atoms with van der Waals surface area (Å²) in [6.07, 6.45) is 0. The fraction of sp³-hybridized carbons (Fsp3) is 0.364. The van der Waals surface area contributed by atoms with Crippen LogP contribution < -0.4 is 4.74 Å². The van der Waals surface area contributed by atoms with E-state index >= 15 is 0 Å². The number of ether oxygens (including phenoxy) is 1. The lowest BCUT2D eigenvalue weighted by Crippen LogP contribution is -2.48. The molecule has 1 aromatic heterocycles. The summed E-state index contributed by atoms with van der Waals surface area (Å²) >= 11 is 5.59. The van der Waals surface area contributed by atoms with Crippen molar-refractivity contribution in [3.8, 4) is 17.1 Å². The Balaban J connectivity index is 1.44. The van der Waals surface area contributed by atoms with Crippen LogP contribution in [0.15, 0.2) is 53.4 Å². The molecule has 0 radical (unpaired) electrons. The van der Waals surface area contributed by atoms with Gasteiger partial charge >= 0.3 is 0 Å². The average Bonchev–Trinajstić information content (AvgIpc) is 3.08. The Kier molecular flexibility index (Phi) is 6.47. The van der Waals surface area contributed by atoms with E-state index in [1.165, 1.54) is 0 Å². The van der Waals surface area contributed by atoms with Crippen LogP contribution in [0.1, 0.15) is 5.56 Å². The van der Waals surface area contributed by atoms with Gasteiger partial charge in [-0.05, 0) is 55.5 Å². The molecule has 1 fully saturated rings. The standard InChI is InChI=1S/C22H27N5O3S2/c1-17-4-10-20(11-5-17)32(28,29)26-14-12-25(13-15-26)16-27-22(31)24(2)21(23-27)18-6-8-19(30-3)9-7-18/h4-11H,12-16H2,1-3H3. The fourth-order valence-electron chi connectivity index (χ4n) is 3.73. The van der Waals surface area contributed by atoms with Gasteiger partial charge in [-0.1, -0.05) is 17.7 Å². The molecule has 2 aromatic carbocycles. The fourth-order valence-corrected chi connectivity index (χ4v) is 5.34. The highest BCUT2D eigenvalue weighted by Crippen LogP contribution is 2.22. The van der Waals surface area contributed by atoms with Gasteiger partial charge in [0.25, 0.3) is 0 Å². The minimum Gasteiger partial charge on any atom is -0.497 e. The topological polar surface area (TPSA) is 72.6 Å². The zero-order valence-electron chi connectivity index (χ0n) is 18.4. The van der Waals surface area contributed by atoms with Gasteiger partial charge in [-0.15, -0.1) is 0 Å². The second kappa shape index (κ2) is 9.14. The van der Waals surface area contributed by atoms with E-state index in [1.54, 1.807) is 28.2 Å². The maximum absolute atomic E-state index is 12.9. The smallest absolute Gasteiger partial charge is 0.243 e. The van der Waals surface area contributed by atoms with Crippen molar-refractivity contribution in [3.63, 3.8) is 0 Å².